The van der Waals surface area contributed by atoms with Crippen LogP contribution in [0.3, 0.4) is 0 Å². The number of rotatable bonds is 3. The van der Waals surface area contributed by atoms with Crippen molar-refractivity contribution in [3.8, 4) is 22.6 Å². The number of fused-ring (bicyclic) bond motifs is 2. The van der Waals surface area contributed by atoms with Crippen molar-refractivity contribution < 1.29 is 0 Å². The largest absolute Gasteiger partial charge is 0.352 e. The third kappa shape index (κ3) is 3.08. The maximum absolute atomic E-state index is 4.89. The molecule has 1 saturated heterocycles. The molecule has 0 radical (unpaired) electrons. The highest BCUT2D eigenvalue weighted by Gasteiger charge is 2.21. The van der Waals surface area contributed by atoms with Crippen LogP contribution < -0.4 is 4.90 Å². The first kappa shape index (κ1) is 17.9. The molecule has 0 unspecified atom stereocenters. The number of likely N-dealkylation sites (N-methyl/N-ethyl adjacent to an activating group) is 1. The summed E-state index contributed by atoms with van der Waals surface area (Å²) in [6.07, 6.45) is 8.67. The molecule has 0 bridgehead atoms. The van der Waals surface area contributed by atoms with Crippen LogP contribution in [0.5, 0.6) is 0 Å². The topological polar surface area (TPSA) is 115 Å². The van der Waals surface area contributed by atoms with E-state index in [4.69, 9.17) is 4.98 Å². The van der Waals surface area contributed by atoms with Gasteiger partial charge in [0.15, 0.2) is 17.3 Å². The van der Waals surface area contributed by atoms with E-state index >= 15 is 0 Å². The highest BCUT2D eigenvalue weighted by molar-refractivity contribution is 5.95. The lowest BCUT2D eigenvalue weighted by Crippen LogP contribution is -2.44. The first-order valence-electron chi connectivity index (χ1n) is 10.1. The van der Waals surface area contributed by atoms with Gasteiger partial charge in [-0.05, 0) is 19.2 Å². The van der Waals surface area contributed by atoms with E-state index in [9.17, 15) is 0 Å². The number of H-pyrrole nitrogens is 2. The SMILES string of the molecule is CN1CCN(c2nccc3[nH]c(-c4n[nH]c5ncc(-c6cncnc6)cc45)nc23)CC1. The maximum Gasteiger partial charge on any atom is 0.159 e. The van der Waals surface area contributed by atoms with Crippen LogP contribution in [0.1, 0.15) is 0 Å². The Morgan fingerprint density at radius 3 is 2.65 bits per heavy atom. The number of imidazole rings is 1. The van der Waals surface area contributed by atoms with Gasteiger partial charge in [-0.1, -0.05) is 0 Å². The van der Waals surface area contributed by atoms with Crippen LogP contribution in [0, 0.1) is 0 Å². The van der Waals surface area contributed by atoms with Crippen molar-refractivity contribution in [2.75, 3.05) is 38.1 Å². The number of hydrogen-bond acceptors (Lipinski definition) is 8. The predicted octanol–water partition coefficient (Wildman–Crippen LogP) is 2.10. The van der Waals surface area contributed by atoms with Crippen molar-refractivity contribution in [3.05, 3.63) is 43.2 Å². The molecule has 5 aromatic rings. The molecule has 2 N–H and O–H groups in total. The van der Waals surface area contributed by atoms with E-state index in [1.165, 1.54) is 6.33 Å². The lowest BCUT2D eigenvalue weighted by molar-refractivity contribution is 0.312. The molecule has 6 rings (SSSR count). The average Bonchev–Trinajstić information content (AvgIpc) is 3.43. The summed E-state index contributed by atoms with van der Waals surface area (Å²) in [4.78, 5) is 30.3. The van der Waals surface area contributed by atoms with Crippen LogP contribution in [-0.2, 0) is 0 Å². The van der Waals surface area contributed by atoms with Crippen molar-refractivity contribution in [3.63, 3.8) is 0 Å². The minimum Gasteiger partial charge on any atom is -0.352 e. The molecule has 1 aliphatic heterocycles. The van der Waals surface area contributed by atoms with Gasteiger partial charge in [-0.25, -0.2) is 24.9 Å². The molecule has 0 saturated carbocycles. The highest BCUT2D eigenvalue weighted by Crippen LogP contribution is 2.31. The summed E-state index contributed by atoms with van der Waals surface area (Å²) >= 11 is 0. The smallest absolute Gasteiger partial charge is 0.159 e. The minimum atomic E-state index is 0.688. The average molecular weight is 412 g/mol. The van der Waals surface area contributed by atoms with Gasteiger partial charge in [-0.15, -0.1) is 0 Å². The Labute approximate surface area is 177 Å². The van der Waals surface area contributed by atoms with E-state index in [1.807, 2.05) is 18.3 Å². The molecule has 0 aromatic carbocycles. The summed E-state index contributed by atoms with van der Waals surface area (Å²) in [5.74, 6) is 1.60. The van der Waals surface area contributed by atoms with Gasteiger partial charge < -0.3 is 14.8 Å². The van der Waals surface area contributed by atoms with Crippen molar-refractivity contribution in [2.24, 2.45) is 0 Å². The zero-order chi connectivity index (χ0) is 20.8. The molecule has 1 aliphatic rings. The molecule has 6 heterocycles. The molecule has 31 heavy (non-hydrogen) atoms. The molecule has 0 amide bonds. The molecule has 10 heteroatoms. The molecule has 1 fully saturated rings. The molecule has 5 aromatic heterocycles. The third-order valence-electron chi connectivity index (χ3n) is 5.72. The van der Waals surface area contributed by atoms with Gasteiger partial charge in [0.1, 0.15) is 17.5 Å². The molecule has 154 valence electrons. The van der Waals surface area contributed by atoms with Gasteiger partial charge in [0, 0.05) is 62.1 Å². The van der Waals surface area contributed by atoms with E-state index in [0.29, 0.717) is 11.5 Å². The maximum atomic E-state index is 4.89. The quantitative estimate of drug-likeness (QED) is 0.463. The van der Waals surface area contributed by atoms with Crippen molar-refractivity contribution in [1.29, 1.82) is 0 Å². The van der Waals surface area contributed by atoms with Crippen molar-refractivity contribution in [2.45, 2.75) is 0 Å². The third-order valence-corrected chi connectivity index (χ3v) is 5.72. The van der Waals surface area contributed by atoms with Crippen LogP contribution in [0.4, 0.5) is 5.82 Å². The zero-order valence-corrected chi connectivity index (χ0v) is 16.9. The molecule has 0 atom stereocenters. The second-order valence-corrected chi connectivity index (χ2v) is 7.73. The highest BCUT2D eigenvalue weighted by atomic mass is 15.3. The van der Waals surface area contributed by atoms with Gasteiger partial charge in [-0.3, -0.25) is 5.10 Å². The van der Waals surface area contributed by atoms with Gasteiger partial charge >= 0.3 is 0 Å². The second kappa shape index (κ2) is 7.10. The normalized spacial score (nSPS) is 15.2. The summed E-state index contributed by atoms with van der Waals surface area (Å²) in [7, 11) is 2.14. The van der Waals surface area contributed by atoms with E-state index in [2.05, 4.69) is 52.0 Å². The summed E-state index contributed by atoms with van der Waals surface area (Å²) < 4.78 is 0. The predicted molar refractivity (Wildman–Crippen MR) is 118 cm³/mol. The fourth-order valence-electron chi connectivity index (χ4n) is 3.97. The van der Waals surface area contributed by atoms with Gasteiger partial charge in [0.05, 0.1) is 10.9 Å². The number of nitrogens with zero attached hydrogens (tertiary/aromatic N) is 8. The van der Waals surface area contributed by atoms with Crippen LogP contribution in [0.25, 0.3) is 44.7 Å². The van der Waals surface area contributed by atoms with Gasteiger partial charge in [-0.2, -0.15) is 5.10 Å². The van der Waals surface area contributed by atoms with Gasteiger partial charge in [0.2, 0.25) is 0 Å². The van der Waals surface area contributed by atoms with E-state index in [0.717, 1.165) is 65.2 Å². The Kier molecular flexibility index (Phi) is 4.10. The lowest BCUT2D eigenvalue weighted by Gasteiger charge is -2.33. The lowest BCUT2D eigenvalue weighted by atomic mass is 10.1. The first-order chi connectivity index (χ1) is 15.3. The number of aromatic nitrogens is 8. The van der Waals surface area contributed by atoms with Crippen LogP contribution in [0.2, 0.25) is 0 Å². The number of anilines is 1. The fourth-order valence-corrected chi connectivity index (χ4v) is 3.97. The number of aromatic amines is 2. The first-order valence-corrected chi connectivity index (χ1v) is 10.1. The summed E-state index contributed by atoms with van der Waals surface area (Å²) in [6, 6.07) is 3.98. The standard InChI is InChI=1S/C21H20N10/c1-30-4-6-31(7-5-30)21-18-16(2-3-24-21)26-20(27-18)17-15-8-13(11-25-19(15)29-28-17)14-9-22-12-23-10-14/h2-3,8-12H,4-7H2,1H3,(H,26,27)(H,25,28,29). The Hall–Kier alpha value is -3.92. The van der Waals surface area contributed by atoms with Crippen LogP contribution in [-0.4, -0.2) is 78.2 Å². The minimum absolute atomic E-state index is 0.688. The summed E-state index contributed by atoms with van der Waals surface area (Å²) in [5.41, 5.74) is 5.05. The van der Waals surface area contributed by atoms with Crippen LogP contribution >= 0.6 is 0 Å². The molecular formula is C21H20N10. The molecule has 0 spiro atoms. The molecular weight excluding hydrogens is 392 g/mol. The van der Waals surface area contributed by atoms with E-state index < -0.39 is 0 Å². The Morgan fingerprint density at radius 1 is 0.968 bits per heavy atom. The summed E-state index contributed by atoms with van der Waals surface area (Å²) in [5, 5.41) is 8.39. The van der Waals surface area contributed by atoms with E-state index in [1.54, 1.807) is 18.6 Å². The Morgan fingerprint density at radius 2 is 1.81 bits per heavy atom. The zero-order valence-electron chi connectivity index (χ0n) is 16.9. The summed E-state index contributed by atoms with van der Waals surface area (Å²) in [6.45, 7) is 3.89. The van der Waals surface area contributed by atoms with Gasteiger partial charge in [0.25, 0.3) is 0 Å². The molecule has 10 nitrogen and oxygen atoms in total. The monoisotopic (exact) mass is 412 g/mol. The fraction of sp³-hybridized carbons (Fsp3) is 0.238. The molecule has 0 aliphatic carbocycles. The Balaban J connectivity index is 1.44. The number of pyridine rings is 2. The Bertz CT molecular complexity index is 1370. The second-order valence-electron chi connectivity index (χ2n) is 7.73. The number of nitrogens with one attached hydrogen (secondary N) is 2. The van der Waals surface area contributed by atoms with Crippen LogP contribution in [0.15, 0.2) is 43.2 Å². The van der Waals surface area contributed by atoms with Crippen molar-refractivity contribution >= 4 is 27.9 Å². The van der Waals surface area contributed by atoms with E-state index in [-0.39, 0.29) is 0 Å². The number of piperazine rings is 1. The number of hydrogen-bond donors (Lipinski definition) is 2. The van der Waals surface area contributed by atoms with Crippen molar-refractivity contribution in [1.82, 2.24) is 45.0 Å².